The number of fused-ring (bicyclic) bond motifs is 1. The summed E-state index contributed by atoms with van der Waals surface area (Å²) in [6.45, 7) is 11.0. The first-order valence-corrected chi connectivity index (χ1v) is 10.8. The number of carbonyl (C=O) groups is 1. The highest BCUT2D eigenvalue weighted by atomic mass is 32.2. The van der Waals surface area contributed by atoms with Gasteiger partial charge in [-0.3, -0.25) is 4.98 Å². The number of hydrogen-bond donors (Lipinski definition) is 1. The van der Waals surface area contributed by atoms with Crippen LogP contribution >= 0.6 is 0 Å². The van der Waals surface area contributed by atoms with E-state index in [1.54, 1.807) is 4.90 Å². The van der Waals surface area contributed by atoms with Crippen molar-refractivity contribution in [3.05, 3.63) is 29.1 Å². The van der Waals surface area contributed by atoms with E-state index < -0.39 is 21.7 Å². The maximum atomic E-state index is 12.9. The van der Waals surface area contributed by atoms with Gasteiger partial charge in [-0.15, -0.1) is 4.72 Å². The van der Waals surface area contributed by atoms with Crippen molar-refractivity contribution in [2.24, 2.45) is 5.41 Å². The highest BCUT2D eigenvalue weighted by molar-refractivity contribution is 7.90. The summed E-state index contributed by atoms with van der Waals surface area (Å²) in [7, 11) is 0. The fourth-order valence-corrected chi connectivity index (χ4v) is 5.97. The highest BCUT2D eigenvalue weighted by Gasteiger charge is 2.57. The number of hydrogen-bond acceptors (Lipinski definition) is 5. The average Bonchev–Trinajstić information content (AvgIpc) is 2.86. The zero-order chi connectivity index (χ0) is 19.6. The molecule has 6 nitrogen and oxygen atoms in total. The van der Waals surface area contributed by atoms with Gasteiger partial charge >= 0.3 is 6.09 Å². The minimum atomic E-state index is -1.15. The van der Waals surface area contributed by atoms with Gasteiger partial charge < -0.3 is 14.2 Å². The van der Waals surface area contributed by atoms with E-state index in [0.29, 0.717) is 13.1 Å². The number of piperidine rings is 1. The van der Waals surface area contributed by atoms with Gasteiger partial charge in [0.05, 0.1) is 6.04 Å². The molecular formula is C20H29N3O3S. The van der Waals surface area contributed by atoms with Crippen LogP contribution in [0.3, 0.4) is 0 Å². The maximum Gasteiger partial charge on any atom is 0.410 e. The summed E-state index contributed by atoms with van der Waals surface area (Å²) in [5.74, 6) is 0. The van der Waals surface area contributed by atoms with Crippen molar-refractivity contribution in [3.8, 4) is 0 Å². The second kappa shape index (κ2) is 6.09. The molecule has 2 aliphatic heterocycles. The lowest BCUT2D eigenvalue weighted by atomic mass is 9.72. The zero-order valence-electron chi connectivity index (χ0n) is 16.8. The molecule has 1 aliphatic carbocycles. The fourth-order valence-electron chi connectivity index (χ4n) is 4.71. The van der Waals surface area contributed by atoms with E-state index in [1.807, 2.05) is 46.9 Å². The Morgan fingerprint density at radius 2 is 2.04 bits per heavy atom. The van der Waals surface area contributed by atoms with Crippen molar-refractivity contribution in [3.63, 3.8) is 0 Å². The third-order valence-electron chi connectivity index (χ3n) is 6.24. The van der Waals surface area contributed by atoms with Crippen LogP contribution in [0.4, 0.5) is 4.79 Å². The maximum absolute atomic E-state index is 12.9. The fraction of sp³-hybridized carbons (Fsp3) is 0.700. The lowest BCUT2D eigenvalue weighted by molar-refractivity contribution is 0.00695. The Hall–Kier alpha value is -1.31. The molecule has 1 spiro atoms. The number of rotatable bonds is 0. The molecule has 27 heavy (non-hydrogen) atoms. The Labute approximate surface area is 164 Å². The lowest BCUT2D eigenvalue weighted by Gasteiger charge is -2.46. The molecule has 3 heterocycles. The van der Waals surface area contributed by atoms with Gasteiger partial charge in [0.25, 0.3) is 0 Å². The minimum Gasteiger partial charge on any atom is -0.597 e. The Morgan fingerprint density at radius 3 is 2.67 bits per heavy atom. The Balaban J connectivity index is 1.57. The Bertz CT molecular complexity index is 766. The zero-order valence-corrected chi connectivity index (χ0v) is 17.6. The van der Waals surface area contributed by atoms with Gasteiger partial charge in [-0.2, -0.15) is 0 Å². The summed E-state index contributed by atoms with van der Waals surface area (Å²) in [5, 5.41) is 0. The van der Waals surface area contributed by atoms with Crippen molar-refractivity contribution in [2.75, 3.05) is 13.1 Å². The van der Waals surface area contributed by atoms with E-state index in [4.69, 9.17) is 4.74 Å². The molecule has 3 aliphatic rings. The predicted octanol–water partition coefficient (Wildman–Crippen LogP) is 3.20. The number of ether oxygens (including phenoxy) is 1. The number of nitrogens with zero attached hydrogens (tertiary/aromatic N) is 2. The molecule has 1 aromatic rings. The highest BCUT2D eigenvalue weighted by Crippen LogP contribution is 2.56. The van der Waals surface area contributed by atoms with Crippen molar-refractivity contribution in [1.29, 1.82) is 0 Å². The normalized spacial score (nSPS) is 28.1. The smallest absolute Gasteiger partial charge is 0.410 e. The average molecular weight is 392 g/mol. The van der Waals surface area contributed by atoms with E-state index in [2.05, 4.69) is 9.71 Å². The third-order valence-corrected chi connectivity index (χ3v) is 7.84. The van der Waals surface area contributed by atoms with Gasteiger partial charge in [-0.05, 0) is 59.9 Å². The molecule has 7 heteroatoms. The van der Waals surface area contributed by atoms with Crippen molar-refractivity contribution in [2.45, 2.75) is 70.3 Å². The van der Waals surface area contributed by atoms with Gasteiger partial charge in [-0.25, -0.2) is 4.79 Å². The molecule has 0 radical (unpaired) electrons. The van der Waals surface area contributed by atoms with Crippen molar-refractivity contribution in [1.82, 2.24) is 14.6 Å². The molecular weight excluding hydrogens is 362 g/mol. The van der Waals surface area contributed by atoms with Gasteiger partial charge in [0.15, 0.2) is 4.75 Å². The quantitative estimate of drug-likeness (QED) is 0.687. The van der Waals surface area contributed by atoms with E-state index >= 15 is 0 Å². The van der Waals surface area contributed by atoms with Crippen molar-refractivity contribution >= 4 is 17.5 Å². The first-order chi connectivity index (χ1) is 12.5. The third kappa shape index (κ3) is 3.04. The summed E-state index contributed by atoms with van der Waals surface area (Å²) < 4.78 is 21.4. The Morgan fingerprint density at radius 1 is 1.37 bits per heavy atom. The van der Waals surface area contributed by atoms with Crippen LogP contribution in [0.15, 0.2) is 12.3 Å². The first-order valence-electron chi connectivity index (χ1n) is 9.68. The van der Waals surface area contributed by atoms with Crippen LogP contribution < -0.4 is 4.72 Å². The molecule has 148 valence electrons. The van der Waals surface area contributed by atoms with Gasteiger partial charge in [-0.1, -0.05) is 0 Å². The minimum absolute atomic E-state index is 0.0316. The topological polar surface area (TPSA) is 77.5 Å². The molecule has 2 atom stereocenters. The largest absolute Gasteiger partial charge is 0.597 e. The SMILES string of the molecule is CC(C)(C)OC(=O)N1CCC2(CC1)Cc1nccc3c1[C@@H]2N[S+]([O-])C3(C)C. The van der Waals surface area contributed by atoms with Crippen LogP contribution in [0.1, 0.15) is 70.3 Å². The van der Waals surface area contributed by atoms with E-state index in [-0.39, 0.29) is 17.6 Å². The van der Waals surface area contributed by atoms with E-state index in [0.717, 1.165) is 30.5 Å². The van der Waals surface area contributed by atoms with Crippen LogP contribution in [0, 0.1) is 5.41 Å². The van der Waals surface area contributed by atoms with Crippen molar-refractivity contribution < 1.29 is 14.1 Å². The molecule has 1 unspecified atom stereocenters. The Kier molecular flexibility index (Phi) is 4.29. The van der Waals surface area contributed by atoms with Gasteiger partial charge in [0.2, 0.25) is 0 Å². The summed E-state index contributed by atoms with van der Waals surface area (Å²) in [5.41, 5.74) is 3.01. The number of carbonyl (C=O) groups excluding carboxylic acids is 1. The second-order valence-electron chi connectivity index (χ2n) is 9.56. The van der Waals surface area contributed by atoms with Crippen LogP contribution in [-0.4, -0.2) is 39.2 Å². The molecule has 1 aromatic heterocycles. The molecule has 1 amide bonds. The number of pyridine rings is 1. The molecule has 0 saturated carbocycles. The monoisotopic (exact) mass is 391 g/mol. The van der Waals surface area contributed by atoms with E-state index in [9.17, 15) is 9.35 Å². The number of likely N-dealkylation sites (tertiary alicyclic amines) is 1. The van der Waals surface area contributed by atoms with Gasteiger partial charge in [0.1, 0.15) is 5.60 Å². The summed E-state index contributed by atoms with van der Waals surface area (Å²) in [6.07, 6.45) is 4.20. The number of amides is 1. The second-order valence-corrected chi connectivity index (χ2v) is 11.3. The van der Waals surface area contributed by atoms with Crippen LogP contribution in [0.5, 0.6) is 0 Å². The molecule has 0 aromatic carbocycles. The van der Waals surface area contributed by atoms with Crippen LogP contribution in [0.2, 0.25) is 0 Å². The molecule has 1 fully saturated rings. The summed E-state index contributed by atoms with van der Waals surface area (Å²) in [6, 6.07) is 2.07. The summed E-state index contributed by atoms with van der Waals surface area (Å²) >= 11 is -1.15. The molecule has 4 rings (SSSR count). The van der Waals surface area contributed by atoms with Gasteiger partial charge in [0, 0.05) is 52.9 Å². The number of nitrogens with one attached hydrogen (secondary N) is 1. The van der Waals surface area contributed by atoms with Crippen LogP contribution in [-0.2, 0) is 27.3 Å². The van der Waals surface area contributed by atoms with Crippen LogP contribution in [0.25, 0.3) is 0 Å². The summed E-state index contributed by atoms with van der Waals surface area (Å²) in [4.78, 5) is 18.9. The molecule has 1 N–H and O–H groups in total. The first kappa shape index (κ1) is 19.0. The molecule has 0 bridgehead atoms. The predicted molar refractivity (Wildman–Crippen MR) is 104 cm³/mol. The number of aromatic nitrogens is 1. The van der Waals surface area contributed by atoms with E-state index in [1.165, 1.54) is 5.56 Å². The molecule has 1 saturated heterocycles. The standard InChI is InChI=1S/C20H29N3O3S/c1-18(2,3)26-17(24)23-10-7-20(8-11-23)12-14-15-13(6-9-21-14)19(4,5)27(25)22-16(15)20/h6,9,16,22H,7-8,10-12H2,1-5H3/t16-,27?/m0/s1. The lowest BCUT2D eigenvalue weighted by Crippen LogP contribution is -2.53.